The van der Waals surface area contributed by atoms with Gasteiger partial charge in [-0.05, 0) is 26.2 Å². The molecule has 2 N–H and O–H groups in total. The lowest BCUT2D eigenvalue weighted by molar-refractivity contribution is -0.140. The summed E-state index contributed by atoms with van der Waals surface area (Å²) in [4.78, 5) is 26.7. The zero-order valence-corrected chi connectivity index (χ0v) is 12.6. The molecule has 2 unspecified atom stereocenters. The highest BCUT2D eigenvalue weighted by Gasteiger charge is 2.38. The van der Waals surface area contributed by atoms with Gasteiger partial charge in [-0.2, -0.15) is 0 Å². The number of hydrogen-bond acceptors (Lipinski definition) is 4. The lowest BCUT2D eigenvalue weighted by Crippen LogP contribution is -2.58. The number of carbonyl (C=O) groups is 2. The lowest BCUT2D eigenvalue weighted by atomic mass is 10.1. The fraction of sp³-hybridized carbons (Fsp3) is 0.857. The Morgan fingerprint density at radius 3 is 2.62 bits per heavy atom. The van der Waals surface area contributed by atoms with Gasteiger partial charge in [-0.3, -0.25) is 4.79 Å². The molecule has 2 amide bonds. The maximum absolute atomic E-state index is 12.5. The van der Waals surface area contributed by atoms with Crippen LogP contribution in [0.15, 0.2) is 0 Å². The van der Waals surface area contributed by atoms with Crippen LogP contribution >= 0.6 is 0 Å². The number of aliphatic hydroxyl groups is 1. The highest BCUT2D eigenvalue weighted by atomic mass is 16.5. The molecule has 2 aliphatic heterocycles. The average Bonchev–Trinajstić information content (AvgIpc) is 2.83. The molecule has 0 spiro atoms. The zero-order chi connectivity index (χ0) is 15.6. The van der Waals surface area contributed by atoms with Gasteiger partial charge in [-0.25, -0.2) is 4.79 Å². The maximum Gasteiger partial charge on any atom is 0.320 e. The number of hydrogen-bond donors (Lipinski definition) is 2. The summed E-state index contributed by atoms with van der Waals surface area (Å²) in [7, 11) is 0. The quantitative estimate of drug-likeness (QED) is 0.786. The fourth-order valence-corrected chi connectivity index (χ4v) is 3.16. The third kappa shape index (κ3) is 4.07. The molecule has 2 fully saturated rings. The van der Waals surface area contributed by atoms with E-state index in [1.165, 1.54) is 0 Å². The Balaban J connectivity index is 1.95. The number of morpholine rings is 1. The predicted octanol–water partition coefficient (Wildman–Crippen LogP) is 0.375. The molecule has 0 aliphatic carbocycles. The molecule has 7 nitrogen and oxygen atoms in total. The maximum atomic E-state index is 12.5. The van der Waals surface area contributed by atoms with Crippen LogP contribution in [0.1, 0.15) is 26.7 Å². The van der Waals surface area contributed by atoms with Gasteiger partial charge in [0.2, 0.25) is 0 Å². The standard InChI is InChI=1S/C14H24N2O5/c1-14(2)9-16(7-11(8-17)21-14)13(20)15-4-3-10(6-15)5-12(18)19/h10-11,17H,3-9H2,1-2H3,(H,18,19). The van der Waals surface area contributed by atoms with E-state index < -0.39 is 11.6 Å². The van der Waals surface area contributed by atoms with Gasteiger partial charge in [0.25, 0.3) is 0 Å². The summed E-state index contributed by atoms with van der Waals surface area (Å²) in [6.07, 6.45) is 0.474. The molecule has 0 aromatic rings. The third-order valence-corrected chi connectivity index (χ3v) is 3.98. The van der Waals surface area contributed by atoms with Crippen LogP contribution in [0.4, 0.5) is 4.79 Å². The number of carboxylic acids is 1. The average molecular weight is 300 g/mol. The van der Waals surface area contributed by atoms with Gasteiger partial charge in [0.1, 0.15) is 0 Å². The number of nitrogens with zero attached hydrogens (tertiary/aromatic N) is 2. The molecule has 0 saturated carbocycles. The van der Waals surface area contributed by atoms with E-state index in [2.05, 4.69) is 0 Å². The second-order valence-corrected chi connectivity index (χ2v) is 6.54. The molecule has 2 rings (SSSR count). The van der Waals surface area contributed by atoms with Crippen LogP contribution in [-0.4, -0.2) is 76.5 Å². The monoisotopic (exact) mass is 300 g/mol. The number of likely N-dealkylation sites (tertiary alicyclic amines) is 1. The van der Waals surface area contributed by atoms with E-state index in [0.29, 0.717) is 26.2 Å². The Morgan fingerprint density at radius 2 is 2.00 bits per heavy atom. The van der Waals surface area contributed by atoms with Crippen molar-refractivity contribution in [3.05, 3.63) is 0 Å². The van der Waals surface area contributed by atoms with Crippen molar-refractivity contribution < 1.29 is 24.5 Å². The van der Waals surface area contributed by atoms with Gasteiger partial charge in [-0.15, -0.1) is 0 Å². The Kier molecular flexibility index (Phi) is 4.73. The smallest absolute Gasteiger partial charge is 0.320 e. The molecule has 0 radical (unpaired) electrons. The predicted molar refractivity (Wildman–Crippen MR) is 74.9 cm³/mol. The van der Waals surface area contributed by atoms with Crippen molar-refractivity contribution in [3.63, 3.8) is 0 Å². The zero-order valence-electron chi connectivity index (χ0n) is 12.6. The highest BCUT2D eigenvalue weighted by molar-refractivity contribution is 5.75. The Hall–Kier alpha value is -1.34. The molecule has 2 heterocycles. The summed E-state index contributed by atoms with van der Waals surface area (Å²) < 4.78 is 5.70. The minimum atomic E-state index is -0.817. The van der Waals surface area contributed by atoms with E-state index in [4.69, 9.17) is 9.84 Å². The van der Waals surface area contributed by atoms with Crippen LogP contribution in [0.5, 0.6) is 0 Å². The molecule has 0 aromatic heterocycles. The van der Waals surface area contributed by atoms with Gasteiger partial charge >= 0.3 is 12.0 Å². The number of carbonyl (C=O) groups excluding carboxylic acids is 1. The van der Waals surface area contributed by atoms with Crippen LogP contribution < -0.4 is 0 Å². The molecular weight excluding hydrogens is 276 g/mol. The van der Waals surface area contributed by atoms with Crippen molar-refractivity contribution in [3.8, 4) is 0 Å². The van der Waals surface area contributed by atoms with Crippen molar-refractivity contribution in [1.29, 1.82) is 0 Å². The van der Waals surface area contributed by atoms with Gasteiger partial charge < -0.3 is 24.7 Å². The van der Waals surface area contributed by atoms with E-state index in [-0.39, 0.29) is 31.1 Å². The number of aliphatic hydroxyl groups excluding tert-OH is 1. The van der Waals surface area contributed by atoms with Crippen molar-refractivity contribution >= 4 is 12.0 Å². The first-order valence-electron chi connectivity index (χ1n) is 7.35. The summed E-state index contributed by atoms with van der Waals surface area (Å²) in [6, 6.07) is -0.0855. The molecule has 0 bridgehead atoms. The van der Waals surface area contributed by atoms with Crippen LogP contribution in [0, 0.1) is 5.92 Å². The normalized spacial score (nSPS) is 28.7. The van der Waals surface area contributed by atoms with Crippen LogP contribution in [0.2, 0.25) is 0 Å². The summed E-state index contributed by atoms with van der Waals surface area (Å²) in [5.74, 6) is -0.781. The summed E-state index contributed by atoms with van der Waals surface area (Å²) in [6.45, 7) is 5.61. The SMILES string of the molecule is CC1(C)CN(C(=O)N2CCC(CC(=O)O)C2)CC(CO)O1. The second kappa shape index (κ2) is 6.19. The minimum Gasteiger partial charge on any atom is -0.481 e. The van der Waals surface area contributed by atoms with Crippen molar-refractivity contribution in [2.24, 2.45) is 5.92 Å². The number of aliphatic carboxylic acids is 1. The number of carboxylic acid groups (broad SMARTS) is 1. The molecular formula is C14H24N2O5. The number of amides is 2. The van der Waals surface area contributed by atoms with E-state index in [1.807, 2.05) is 13.8 Å². The number of ether oxygens (including phenoxy) is 1. The first kappa shape index (κ1) is 16.0. The molecule has 2 atom stereocenters. The molecule has 7 heteroatoms. The number of rotatable bonds is 3. The van der Waals surface area contributed by atoms with Crippen LogP contribution in [-0.2, 0) is 9.53 Å². The Labute approximate surface area is 124 Å². The largest absolute Gasteiger partial charge is 0.481 e. The lowest BCUT2D eigenvalue weighted by Gasteiger charge is -2.43. The topological polar surface area (TPSA) is 90.3 Å². The first-order chi connectivity index (χ1) is 9.80. The first-order valence-corrected chi connectivity index (χ1v) is 7.35. The van der Waals surface area contributed by atoms with Crippen molar-refractivity contribution in [2.45, 2.75) is 38.4 Å². The number of urea groups is 1. The summed E-state index contributed by atoms with van der Waals surface area (Å²) >= 11 is 0. The van der Waals surface area contributed by atoms with E-state index in [0.717, 1.165) is 6.42 Å². The van der Waals surface area contributed by atoms with Gasteiger partial charge in [-0.1, -0.05) is 0 Å². The van der Waals surface area contributed by atoms with Gasteiger partial charge in [0, 0.05) is 19.5 Å². The van der Waals surface area contributed by atoms with Crippen LogP contribution in [0.25, 0.3) is 0 Å². The third-order valence-electron chi connectivity index (χ3n) is 3.98. The molecule has 120 valence electrons. The Morgan fingerprint density at radius 1 is 1.29 bits per heavy atom. The van der Waals surface area contributed by atoms with Gasteiger partial charge in [0.05, 0.1) is 31.4 Å². The van der Waals surface area contributed by atoms with Crippen molar-refractivity contribution in [1.82, 2.24) is 9.80 Å². The summed E-state index contributed by atoms with van der Waals surface area (Å²) in [5, 5.41) is 18.1. The van der Waals surface area contributed by atoms with E-state index >= 15 is 0 Å². The second-order valence-electron chi connectivity index (χ2n) is 6.54. The Bertz CT molecular complexity index is 412. The van der Waals surface area contributed by atoms with Gasteiger partial charge in [0.15, 0.2) is 0 Å². The molecule has 21 heavy (non-hydrogen) atoms. The molecule has 2 aliphatic rings. The minimum absolute atomic E-state index is 0.0362. The molecule has 2 saturated heterocycles. The van der Waals surface area contributed by atoms with E-state index in [1.54, 1.807) is 9.80 Å². The van der Waals surface area contributed by atoms with E-state index in [9.17, 15) is 14.7 Å². The van der Waals surface area contributed by atoms with Crippen LogP contribution in [0.3, 0.4) is 0 Å². The summed E-state index contributed by atoms with van der Waals surface area (Å²) in [5.41, 5.74) is -0.485. The van der Waals surface area contributed by atoms with Crippen molar-refractivity contribution in [2.75, 3.05) is 32.8 Å². The molecule has 0 aromatic carbocycles. The highest BCUT2D eigenvalue weighted by Crippen LogP contribution is 2.25. The fourth-order valence-electron chi connectivity index (χ4n) is 3.16.